The number of amides is 1. The number of carbonyl (C=O) groups excluding carboxylic acids is 1. The first kappa shape index (κ1) is 9.40. The molecule has 0 aliphatic carbocycles. The standard InChI is InChI=1S/C6H11NO5/c8-1-3-4(10)5(11)6(12-3)7-2-9/h2-6,8,10-11H,1H2,(H,7,9)/t3-,4-,5-,6?/m1/s1. The molecule has 0 aromatic carbocycles. The molecule has 70 valence electrons. The summed E-state index contributed by atoms with van der Waals surface area (Å²) in [6, 6.07) is 0. The fraction of sp³-hybridized carbons (Fsp3) is 0.833. The average Bonchev–Trinajstić information content (AvgIpc) is 2.33. The Morgan fingerprint density at radius 2 is 2.08 bits per heavy atom. The van der Waals surface area contributed by atoms with Crippen LogP contribution in [0.15, 0.2) is 0 Å². The molecule has 1 rings (SSSR count). The van der Waals surface area contributed by atoms with Crippen LogP contribution in [0.4, 0.5) is 0 Å². The van der Waals surface area contributed by atoms with Crippen molar-refractivity contribution in [3.8, 4) is 0 Å². The molecule has 0 saturated carbocycles. The second kappa shape index (κ2) is 3.81. The lowest BCUT2D eigenvalue weighted by molar-refractivity contribution is -0.115. The molecular weight excluding hydrogens is 166 g/mol. The van der Waals surface area contributed by atoms with Gasteiger partial charge in [0.1, 0.15) is 18.3 Å². The van der Waals surface area contributed by atoms with Gasteiger partial charge < -0.3 is 25.4 Å². The topological polar surface area (TPSA) is 99.0 Å². The Kier molecular flexibility index (Phi) is 2.99. The number of nitrogens with one attached hydrogen (secondary N) is 1. The molecule has 0 bridgehead atoms. The molecule has 1 fully saturated rings. The van der Waals surface area contributed by atoms with Gasteiger partial charge >= 0.3 is 0 Å². The summed E-state index contributed by atoms with van der Waals surface area (Å²) in [5.41, 5.74) is 0. The molecule has 0 aromatic rings. The third-order valence-corrected chi connectivity index (χ3v) is 1.77. The third-order valence-electron chi connectivity index (χ3n) is 1.77. The molecule has 0 radical (unpaired) electrons. The largest absolute Gasteiger partial charge is 0.394 e. The van der Waals surface area contributed by atoms with Gasteiger partial charge in [-0.1, -0.05) is 0 Å². The second-order valence-electron chi connectivity index (χ2n) is 2.54. The van der Waals surface area contributed by atoms with E-state index in [0.717, 1.165) is 0 Å². The highest BCUT2D eigenvalue weighted by molar-refractivity contribution is 5.46. The van der Waals surface area contributed by atoms with Crippen molar-refractivity contribution in [3.05, 3.63) is 0 Å². The van der Waals surface area contributed by atoms with Crippen molar-refractivity contribution >= 4 is 6.41 Å². The number of carbonyl (C=O) groups is 1. The average molecular weight is 177 g/mol. The van der Waals surface area contributed by atoms with Crippen LogP contribution < -0.4 is 5.32 Å². The first-order valence-electron chi connectivity index (χ1n) is 3.53. The van der Waals surface area contributed by atoms with E-state index >= 15 is 0 Å². The summed E-state index contributed by atoms with van der Waals surface area (Å²) < 4.78 is 4.88. The van der Waals surface area contributed by atoms with Crippen LogP contribution in [0.5, 0.6) is 0 Å². The molecule has 4 atom stereocenters. The second-order valence-corrected chi connectivity index (χ2v) is 2.54. The minimum Gasteiger partial charge on any atom is -0.394 e. The van der Waals surface area contributed by atoms with E-state index in [1.165, 1.54) is 0 Å². The minimum absolute atomic E-state index is 0.361. The lowest BCUT2D eigenvalue weighted by Crippen LogP contribution is -2.40. The van der Waals surface area contributed by atoms with Crippen LogP contribution in [0.1, 0.15) is 0 Å². The SMILES string of the molecule is O=CNC1O[C@H](CO)[C@@H](O)[C@H]1O. The number of hydrogen-bond donors (Lipinski definition) is 4. The normalized spacial score (nSPS) is 41.2. The zero-order valence-electron chi connectivity index (χ0n) is 6.25. The summed E-state index contributed by atoms with van der Waals surface area (Å²) in [7, 11) is 0. The number of ether oxygens (including phenoxy) is 1. The van der Waals surface area contributed by atoms with Gasteiger partial charge in [-0.25, -0.2) is 0 Å². The molecule has 6 nitrogen and oxygen atoms in total. The van der Waals surface area contributed by atoms with Crippen molar-refractivity contribution < 1.29 is 24.9 Å². The maximum atomic E-state index is 9.96. The smallest absolute Gasteiger partial charge is 0.209 e. The van der Waals surface area contributed by atoms with E-state index in [4.69, 9.17) is 14.9 Å². The van der Waals surface area contributed by atoms with Crippen LogP contribution >= 0.6 is 0 Å². The Labute approximate surface area is 68.8 Å². The highest BCUT2D eigenvalue weighted by Gasteiger charge is 2.41. The number of aliphatic hydroxyl groups excluding tert-OH is 3. The summed E-state index contributed by atoms with van der Waals surface area (Å²) in [4.78, 5) is 9.96. The van der Waals surface area contributed by atoms with Crippen LogP contribution in [-0.4, -0.2) is 52.9 Å². The van der Waals surface area contributed by atoms with Crippen LogP contribution in [0.3, 0.4) is 0 Å². The van der Waals surface area contributed by atoms with Gasteiger partial charge in [0.2, 0.25) is 6.41 Å². The summed E-state index contributed by atoms with van der Waals surface area (Å²) in [5.74, 6) is 0. The zero-order valence-corrected chi connectivity index (χ0v) is 6.25. The maximum Gasteiger partial charge on any atom is 0.209 e. The van der Waals surface area contributed by atoms with E-state index in [-0.39, 0.29) is 0 Å². The van der Waals surface area contributed by atoms with Crippen LogP contribution in [0.2, 0.25) is 0 Å². The molecule has 1 aliphatic rings. The summed E-state index contributed by atoms with van der Waals surface area (Å²) in [6.07, 6.45) is -3.76. The van der Waals surface area contributed by atoms with Crippen molar-refractivity contribution in [2.24, 2.45) is 0 Å². The first-order chi connectivity index (χ1) is 5.70. The van der Waals surface area contributed by atoms with E-state index in [2.05, 4.69) is 5.32 Å². The van der Waals surface area contributed by atoms with Gasteiger partial charge in [-0.3, -0.25) is 4.79 Å². The molecule has 4 N–H and O–H groups in total. The molecule has 0 spiro atoms. The third kappa shape index (κ3) is 1.56. The van der Waals surface area contributed by atoms with E-state index in [1.807, 2.05) is 0 Å². The number of rotatable bonds is 3. The molecule has 0 aromatic heterocycles. The van der Waals surface area contributed by atoms with Crippen molar-refractivity contribution in [2.45, 2.75) is 24.5 Å². The van der Waals surface area contributed by atoms with E-state index in [0.29, 0.717) is 6.41 Å². The fourth-order valence-electron chi connectivity index (χ4n) is 1.10. The predicted molar refractivity (Wildman–Crippen MR) is 37.0 cm³/mol. The lowest BCUT2D eigenvalue weighted by atomic mass is 10.1. The molecule has 1 saturated heterocycles. The van der Waals surface area contributed by atoms with Gasteiger partial charge in [-0.15, -0.1) is 0 Å². The first-order valence-corrected chi connectivity index (χ1v) is 3.53. The number of hydrogen-bond acceptors (Lipinski definition) is 5. The molecule has 1 unspecified atom stereocenters. The van der Waals surface area contributed by atoms with Gasteiger partial charge in [0.05, 0.1) is 6.61 Å². The van der Waals surface area contributed by atoms with Crippen molar-refractivity contribution in [1.29, 1.82) is 0 Å². The van der Waals surface area contributed by atoms with E-state index < -0.39 is 31.1 Å². The molecular formula is C6H11NO5. The Morgan fingerprint density at radius 1 is 1.42 bits per heavy atom. The Hall–Kier alpha value is -0.690. The highest BCUT2D eigenvalue weighted by Crippen LogP contribution is 2.18. The molecule has 1 heterocycles. The van der Waals surface area contributed by atoms with Crippen LogP contribution in [-0.2, 0) is 9.53 Å². The summed E-state index contributed by atoms with van der Waals surface area (Å²) >= 11 is 0. The summed E-state index contributed by atoms with van der Waals surface area (Å²) in [5, 5.41) is 29.1. The quantitative estimate of drug-likeness (QED) is 0.348. The van der Waals surface area contributed by atoms with Crippen LogP contribution in [0, 0.1) is 0 Å². The van der Waals surface area contributed by atoms with E-state index in [1.54, 1.807) is 0 Å². The maximum absolute atomic E-state index is 9.96. The predicted octanol–water partition coefficient (Wildman–Crippen LogP) is -2.83. The Balaban J connectivity index is 2.53. The van der Waals surface area contributed by atoms with E-state index in [9.17, 15) is 9.90 Å². The Bertz CT molecular complexity index is 164. The Morgan fingerprint density at radius 3 is 2.50 bits per heavy atom. The number of aliphatic hydroxyl groups is 3. The van der Waals surface area contributed by atoms with Gasteiger partial charge in [0, 0.05) is 0 Å². The van der Waals surface area contributed by atoms with Crippen molar-refractivity contribution in [1.82, 2.24) is 5.32 Å². The molecule has 6 heteroatoms. The fourth-order valence-corrected chi connectivity index (χ4v) is 1.10. The minimum atomic E-state index is -1.19. The highest BCUT2D eigenvalue weighted by atomic mass is 16.6. The molecule has 1 aliphatic heterocycles. The zero-order chi connectivity index (χ0) is 9.14. The van der Waals surface area contributed by atoms with Gasteiger partial charge in [0.15, 0.2) is 6.23 Å². The van der Waals surface area contributed by atoms with Crippen molar-refractivity contribution in [3.63, 3.8) is 0 Å². The van der Waals surface area contributed by atoms with Gasteiger partial charge in [0.25, 0.3) is 0 Å². The van der Waals surface area contributed by atoms with Crippen molar-refractivity contribution in [2.75, 3.05) is 6.61 Å². The summed E-state index contributed by atoms with van der Waals surface area (Å²) in [6.45, 7) is -0.394. The van der Waals surface area contributed by atoms with Crippen LogP contribution in [0.25, 0.3) is 0 Å². The van der Waals surface area contributed by atoms with Gasteiger partial charge in [-0.2, -0.15) is 0 Å². The lowest BCUT2D eigenvalue weighted by Gasteiger charge is -2.12. The van der Waals surface area contributed by atoms with Gasteiger partial charge in [-0.05, 0) is 0 Å². The molecule has 12 heavy (non-hydrogen) atoms. The monoisotopic (exact) mass is 177 g/mol. The molecule has 1 amide bonds.